The molecule has 33 heavy (non-hydrogen) atoms. The average molecular weight is 491 g/mol. The van der Waals surface area contributed by atoms with Crippen molar-refractivity contribution in [3.63, 3.8) is 0 Å². The molecule has 174 valence electrons. The Morgan fingerprint density at radius 3 is 2.00 bits per heavy atom. The number of carbonyl (C=O) groups is 1. The predicted octanol–water partition coefficient (Wildman–Crippen LogP) is 3.30. The van der Waals surface area contributed by atoms with Crippen LogP contribution in [-0.2, 0) is 24.7 Å². The first-order chi connectivity index (χ1) is 15.5. The third kappa shape index (κ3) is 5.96. The minimum Gasteiger partial charge on any atom is -0.348 e. The van der Waals surface area contributed by atoms with Gasteiger partial charge in [-0.25, -0.2) is 21.2 Å². The number of nitrogens with zero attached hydrogens (tertiary/aromatic N) is 1. The quantitative estimate of drug-likeness (QED) is 0.522. The fraction of sp³-hybridized carbons (Fsp3) is 0.174. The van der Waals surface area contributed by atoms with Gasteiger partial charge in [0.25, 0.3) is 10.0 Å². The maximum atomic E-state index is 13.4. The fourth-order valence-corrected chi connectivity index (χ4v) is 5.22. The molecule has 0 aromatic heterocycles. The molecule has 0 unspecified atom stereocenters. The molecule has 0 aliphatic carbocycles. The van der Waals surface area contributed by atoms with Crippen LogP contribution in [0.3, 0.4) is 0 Å². The van der Waals surface area contributed by atoms with Gasteiger partial charge >= 0.3 is 0 Å². The van der Waals surface area contributed by atoms with Crippen molar-refractivity contribution in [2.75, 3.05) is 17.1 Å². The van der Waals surface area contributed by atoms with Gasteiger partial charge < -0.3 is 5.32 Å². The zero-order valence-corrected chi connectivity index (χ0v) is 19.6. The number of sulfonamides is 1. The van der Waals surface area contributed by atoms with Gasteiger partial charge in [0.2, 0.25) is 5.91 Å². The van der Waals surface area contributed by atoms with Crippen molar-refractivity contribution in [2.45, 2.75) is 22.8 Å². The van der Waals surface area contributed by atoms with E-state index in [4.69, 9.17) is 0 Å². The first kappa shape index (κ1) is 24.4. The Kier molecular flexibility index (Phi) is 7.19. The van der Waals surface area contributed by atoms with Crippen molar-refractivity contribution >= 4 is 31.5 Å². The van der Waals surface area contributed by atoms with Gasteiger partial charge in [-0.3, -0.25) is 9.10 Å². The van der Waals surface area contributed by atoms with Gasteiger partial charge in [-0.1, -0.05) is 30.3 Å². The zero-order chi connectivity index (χ0) is 24.2. The van der Waals surface area contributed by atoms with Crippen LogP contribution in [0.1, 0.15) is 18.5 Å². The highest BCUT2D eigenvalue weighted by Crippen LogP contribution is 2.24. The Morgan fingerprint density at radius 1 is 0.879 bits per heavy atom. The minimum absolute atomic E-state index is 0.00784. The molecule has 0 radical (unpaired) electrons. The number of rotatable bonds is 8. The SMILES string of the molecule is C[C@@H](NC(=O)CN(c1ccc(F)cc1)S(=O)(=O)c1ccccc1)c1ccc(S(C)(=O)=O)cc1. The van der Waals surface area contributed by atoms with Crippen LogP contribution in [0.15, 0.2) is 88.7 Å². The maximum absolute atomic E-state index is 13.4. The summed E-state index contributed by atoms with van der Waals surface area (Å²) in [5.74, 6) is -1.12. The number of hydrogen-bond donors (Lipinski definition) is 1. The number of anilines is 1. The Bertz CT molecular complexity index is 1330. The molecule has 7 nitrogen and oxygen atoms in total. The zero-order valence-electron chi connectivity index (χ0n) is 18.0. The lowest BCUT2D eigenvalue weighted by atomic mass is 10.1. The van der Waals surface area contributed by atoms with E-state index in [9.17, 15) is 26.0 Å². The summed E-state index contributed by atoms with van der Waals surface area (Å²) in [5.41, 5.74) is 0.788. The second-order valence-corrected chi connectivity index (χ2v) is 11.3. The summed E-state index contributed by atoms with van der Waals surface area (Å²) >= 11 is 0. The van der Waals surface area contributed by atoms with Crippen molar-refractivity contribution in [2.24, 2.45) is 0 Å². The second kappa shape index (κ2) is 9.72. The van der Waals surface area contributed by atoms with E-state index in [0.717, 1.165) is 22.7 Å². The van der Waals surface area contributed by atoms with Crippen molar-refractivity contribution in [3.05, 3.63) is 90.2 Å². The lowest BCUT2D eigenvalue weighted by Gasteiger charge is -2.25. The molecule has 1 atom stereocenters. The maximum Gasteiger partial charge on any atom is 0.264 e. The Balaban J connectivity index is 1.84. The van der Waals surface area contributed by atoms with Crippen LogP contribution in [0.4, 0.5) is 10.1 Å². The topological polar surface area (TPSA) is 101 Å². The van der Waals surface area contributed by atoms with Crippen molar-refractivity contribution < 1.29 is 26.0 Å². The van der Waals surface area contributed by atoms with E-state index < -0.39 is 44.2 Å². The molecular formula is C23H23FN2O5S2. The molecule has 0 heterocycles. The number of nitrogens with one attached hydrogen (secondary N) is 1. The van der Waals surface area contributed by atoms with Gasteiger partial charge in [0.1, 0.15) is 12.4 Å². The first-order valence-electron chi connectivity index (χ1n) is 9.91. The minimum atomic E-state index is -4.10. The van der Waals surface area contributed by atoms with E-state index in [1.165, 1.54) is 36.4 Å². The normalized spacial score (nSPS) is 12.7. The first-order valence-corrected chi connectivity index (χ1v) is 13.2. The number of amides is 1. The number of benzene rings is 3. The average Bonchev–Trinajstić information content (AvgIpc) is 2.78. The summed E-state index contributed by atoms with van der Waals surface area (Å²) in [6.45, 7) is 1.16. The smallest absolute Gasteiger partial charge is 0.264 e. The molecule has 3 aromatic rings. The summed E-state index contributed by atoms with van der Waals surface area (Å²) in [6.07, 6.45) is 1.10. The molecule has 3 aromatic carbocycles. The van der Waals surface area contributed by atoms with E-state index in [0.29, 0.717) is 5.56 Å². The standard InChI is InChI=1S/C23H23FN2O5S2/c1-17(18-8-14-21(15-9-18)32(2,28)29)25-23(27)16-26(20-12-10-19(24)11-13-20)33(30,31)22-6-4-3-5-7-22/h3-15,17H,16H2,1-2H3,(H,25,27)/t17-/m1/s1. The van der Waals surface area contributed by atoms with Gasteiger partial charge in [0.15, 0.2) is 9.84 Å². The summed E-state index contributed by atoms with van der Waals surface area (Å²) in [5, 5.41) is 2.72. The van der Waals surface area contributed by atoms with Crippen LogP contribution in [0, 0.1) is 5.82 Å². The summed E-state index contributed by atoms with van der Waals surface area (Å²) < 4.78 is 64.0. The van der Waals surface area contributed by atoms with Crippen molar-refractivity contribution in [1.29, 1.82) is 0 Å². The molecule has 1 amide bonds. The summed E-state index contributed by atoms with van der Waals surface area (Å²) in [4.78, 5) is 12.9. The van der Waals surface area contributed by atoms with E-state index in [1.807, 2.05) is 0 Å². The van der Waals surface area contributed by atoms with E-state index >= 15 is 0 Å². The molecule has 0 bridgehead atoms. The van der Waals surface area contributed by atoms with E-state index in [2.05, 4.69) is 5.32 Å². The largest absolute Gasteiger partial charge is 0.348 e. The van der Waals surface area contributed by atoms with Crippen LogP contribution in [0.5, 0.6) is 0 Å². The highest BCUT2D eigenvalue weighted by Gasteiger charge is 2.27. The molecule has 1 N–H and O–H groups in total. The Hall–Kier alpha value is -3.24. The van der Waals surface area contributed by atoms with Crippen LogP contribution in [-0.4, -0.2) is 35.5 Å². The summed E-state index contributed by atoms with van der Waals surface area (Å²) in [7, 11) is -7.45. The monoisotopic (exact) mass is 490 g/mol. The van der Waals surface area contributed by atoms with E-state index in [1.54, 1.807) is 37.3 Å². The van der Waals surface area contributed by atoms with Gasteiger partial charge in [-0.05, 0) is 61.0 Å². The van der Waals surface area contributed by atoms with E-state index in [-0.39, 0.29) is 15.5 Å². The molecule has 0 fully saturated rings. The molecule has 0 saturated heterocycles. The number of halogens is 1. The molecule has 3 rings (SSSR count). The Morgan fingerprint density at radius 2 is 1.45 bits per heavy atom. The van der Waals surface area contributed by atoms with Crippen molar-refractivity contribution in [3.8, 4) is 0 Å². The number of hydrogen-bond acceptors (Lipinski definition) is 5. The van der Waals surface area contributed by atoms with Gasteiger partial charge in [0.05, 0.1) is 21.5 Å². The van der Waals surface area contributed by atoms with Crippen LogP contribution >= 0.6 is 0 Å². The molecular weight excluding hydrogens is 467 g/mol. The predicted molar refractivity (Wildman–Crippen MR) is 123 cm³/mol. The molecule has 0 spiro atoms. The van der Waals surface area contributed by atoms with Gasteiger partial charge in [-0.2, -0.15) is 0 Å². The lowest BCUT2D eigenvalue weighted by Crippen LogP contribution is -2.41. The van der Waals surface area contributed by atoms with Gasteiger partial charge in [0, 0.05) is 6.26 Å². The highest BCUT2D eigenvalue weighted by atomic mass is 32.2. The third-order valence-electron chi connectivity index (χ3n) is 4.92. The second-order valence-electron chi connectivity index (χ2n) is 7.43. The molecule has 0 saturated carbocycles. The third-order valence-corrected chi connectivity index (χ3v) is 7.84. The fourth-order valence-electron chi connectivity index (χ4n) is 3.15. The molecule has 0 aliphatic rings. The van der Waals surface area contributed by atoms with Crippen molar-refractivity contribution in [1.82, 2.24) is 5.32 Å². The lowest BCUT2D eigenvalue weighted by molar-refractivity contribution is -0.120. The summed E-state index contributed by atoms with van der Waals surface area (Å²) in [6, 6.07) is 18.0. The molecule has 0 aliphatic heterocycles. The Labute approximate surface area is 192 Å². The van der Waals surface area contributed by atoms with Gasteiger partial charge in [-0.15, -0.1) is 0 Å². The number of carbonyl (C=O) groups excluding carboxylic acids is 1. The van der Waals surface area contributed by atoms with Crippen LogP contribution < -0.4 is 9.62 Å². The highest BCUT2D eigenvalue weighted by molar-refractivity contribution is 7.93. The molecule has 10 heteroatoms. The van der Waals surface area contributed by atoms with Crippen LogP contribution in [0.2, 0.25) is 0 Å². The van der Waals surface area contributed by atoms with Crippen LogP contribution in [0.25, 0.3) is 0 Å². The number of sulfone groups is 1.